The second kappa shape index (κ2) is 7.26. The third-order valence-corrected chi connectivity index (χ3v) is 5.29. The standard InChI is InChI=1S/C19H31N/c1-4-19(5-2,17-10-8-7-9-11-17)18(20-6-3)15-14-16-12-13-16/h7-11,16,18,20H,4-6,12-15H2,1-3H3. The van der Waals surface area contributed by atoms with Gasteiger partial charge < -0.3 is 5.32 Å². The summed E-state index contributed by atoms with van der Waals surface area (Å²) in [7, 11) is 0. The second-order valence-corrected chi connectivity index (χ2v) is 6.36. The maximum Gasteiger partial charge on any atom is 0.0164 e. The molecule has 1 nitrogen and oxygen atoms in total. The summed E-state index contributed by atoms with van der Waals surface area (Å²) in [6.45, 7) is 8.03. The molecule has 112 valence electrons. The van der Waals surface area contributed by atoms with Gasteiger partial charge in [0.25, 0.3) is 0 Å². The fourth-order valence-corrected chi connectivity index (χ4v) is 3.75. The van der Waals surface area contributed by atoms with Crippen LogP contribution in [0, 0.1) is 5.92 Å². The average molecular weight is 273 g/mol. The Kier molecular flexibility index (Phi) is 5.65. The van der Waals surface area contributed by atoms with E-state index in [1.807, 2.05) is 0 Å². The van der Waals surface area contributed by atoms with E-state index in [0.717, 1.165) is 12.5 Å². The van der Waals surface area contributed by atoms with Crippen LogP contribution in [0.2, 0.25) is 0 Å². The van der Waals surface area contributed by atoms with Crippen molar-refractivity contribution in [2.24, 2.45) is 5.92 Å². The molecular formula is C19H31N. The van der Waals surface area contributed by atoms with Crippen LogP contribution in [0.1, 0.15) is 64.9 Å². The van der Waals surface area contributed by atoms with Gasteiger partial charge in [0.2, 0.25) is 0 Å². The molecule has 1 atom stereocenters. The summed E-state index contributed by atoms with van der Waals surface area (Å²) >= 11 is 0. The first-order chi connectivity index (χ1) is 9.76. The van der Waals surface area contributed by atoms with Crippen molar-refractivity contribution in [1.29, 1.82) is 0 Å². The Labute approximate surface area is 125 Å². The Hall–Kier alpha value is -0.820. The SMILES string of the molecule is CCNC(CCC1CC1)C(CC)(CC)c1ccccc1. The lowest BCUT2D eigenvalue weighted by Crippen LogP contribution is -2.48. The minimum absolute atomic E-state index is 0.298. The predicted molar refractivity (Wildman–Crippen MR) is 88.1 cm³/mol. The fraction of sp³-hybridized carbons (Fsp3) is 0.684. The normalized spacial score (nSPS) is 17.1. The van der Waals surface area contributed by atoms with Crippen LogP contribution >= 0.6 is 0 Å². The molecule has 0 spiro atoms. The second-order valence-electron chi connectivity index (χ2n) is 6.36. The molecule has 1 aromatic carbocycles. The highest BCUT2D eigenvalue weighted by molar-refractivity contribution is 5.27. The Bertz CT molecular complexity index is 376. The van der Waals surface area contributed by atoms with Crippen LogP contribution in [0.15, 0.2) is 30.3 Å². The molecule has 1 aliphatic rings. The molecule has 0 bridgehead atoms. The Morgan fingerprint density at radius 3 is 2.25 bits per heavy atom. The first kappa shape index (κ1) is 15.6. The van der Waals surface area contributed by atoms with E-state index in [9.17, 15) is 0 Å². The molecule has 1 N–H and O–H groups in total. The van der Waals surface area contributed by atoms with Gasteiger partial charge in [-0.1, -0.05) is 63.9 Å². The first-order valence-electron chi connectivity index (χ1n) is 8.55. The maximum atomic E-state index is 3.81. The zero-order valence-electron chi connectivity index (χ0n) is 13.5. The van der Waals surface area contributed by atoms with Gasteiger partial charge in [-0.2, -0.15) is 0 Å². The molecule has 0 radical (unpaired) electrons. The highest BCUT2D eigenvalue weighted by Crippen LogP contribution is 2.40. The number of hydrogen-bond acceptors (Lipinski definition) is 1. The van der Waals surface area contributed by atoms with E-state index in [1.54, 1.807) is 0 Å². The summed E-state index contributed by atoms with van der Waals surface area (Å²) in [6.07, 6.45) is 8.11. The molecule has 1 aromatic rings. The molecule has 20 heavy (non-hydrogen) atoms. The molecular weight excluding hydrogens is 242 g/mol. The lowest BCUT2D eigenvalue weighted by atomic mass is 9.68. The number of likely N-dealkylation sites (N-methyl/N-ethyl adjacent to an activating group) is 1. The van der Waals surface area contributed by atoms with Gasteiger partial charge in [0.15, 0.2) is 0 Å². The van der Waals surface area contributed by atoms with Gasteiger partial charge in [-0.3, -0.25) is 0 Å². The van der Waals surface area contributed by atoms with E-state index in [2.05, 4.69) is 56.4 Å². The molecule has 0 amide bonds. The minimum Gasteiger partial charge on any atom is -0.313 e. The van der Waals surface area contributed by atoms with Crippen molar-refractivity contribution >= 4 is 0 Å². The van der Waals surface area contributed by atoms with Crippen molar-refractivity contribution in [2.45, 2.75) is 70.8 Å². The van der Waals surface area contributed by atoms with E-state index >= 15 is 0 Å². The molecule has 0 aromatic heterocycles. The van der Waals surface area contributed by atoms with Crippen molar-refractivity contribution in [3.8, 4) is 0 Å². The van der Waals surface area contributed by atoms with E-state index in [4.69, 9.17) is 0 Å². The fourth-order valence-electron chi connectivity index (χ4n) is 3.75. The van der Waals surface area contributed by atoms with Crippen LogP contribution in [0.5, 0.6) is 0 Å². The molecule has 1 heteroatoms. The third-order valence-electron chi connectivity index (χ3n) is 5.29. The van der Waals surface area contributed by atoms with E-state index in [-0.39, 0.29) is 0 Å². The number of nitrogens with one attached hydrogen (secondary N) is 1. The molecule has 2 rings (SSSR count). The molecule has 1 aliphatic carbocycles. The summed E-state index contributed by atoms with van der Waals surface area (Å²) in [6, 6.07) is 11.8. The Morgan fingerprint density at radius 2 is 1.75 bits per heavy atom. The van der Waals surface area contributed by atoms with Crippen molar-refractivity contribution in [3.05, 3.63) is 35.9 Å². The van der Waals surface area contributed by atoms with Gasteiger partial charge >= 0.3 is 0 Å². The van der Waals surface area contributed by atoms with Gasteiger partial charge in [0.05, 0.1) is 0 Å². The van der Waals surface area contributed by atoms with E-state index in [0.29, 0.717) is 11.5 Å². The Balaban J connectivity index is 2.21. The molecule has 1 fully saturated rings. The largest absolute Gasteiger partial charge is 0.313 e. The maximum absolute atomic E-state index is 3.81. The monoisotopic (exact) mass is 273 g/mol. The van der Waals surface area contributed by atoms with Gasteiger partial charge in [-0.05, 0) is 43.7 Å². The van der Waals surface area contributed by atoms with Crippen molar-refractivity contribution in [2.75, 3.05) is 6.54 Å². The minimum atomic E-state index is 0.298. The zero-order valence-corrected chi connectivity index (χ0v) is 13.5. The van der Waals surface area contributed by atoms with Crippen LogP contribution in [0.3, 0.4) is 0 Å². The van der Waals surface area contributed by atoms with Gasteiger partial charge in [-0.25, -0.2) is 0 Å². The highest BCUT2D eigenvalue weighted by Gasteiger charge is 2.37. The van der Waals surface area contributed by atoms with Crippen LogP contribution in [-0.4, -0.2) is 12.6 Å². The molecule has 0 aliphatic heterocycles. The lowest BCUT2D eigenvalue weighted by Gasteiger charge is -2.41. The van der Waals surface area contributed by atoms with Gasteiger partial charge in [0, 0.05) is 11.5 Å². The molecule has 1 unspecified atom stereocenters. The number of hydrogen-bond donors (Lipinski definition) is 1. The van der Waals surface area contributed by atoms with E-state index < -0.39 is 0 Å². The molecule has 1 saturated carbocycles. The first-order valence-corrected chi connectivity index (χ1v) is 8.55. The summed E-state index contributed by atoms with van der Waals surface area (Å²) in [5.74, 6) is 1.03. The van der Waals surface area contributed by atoms with E-state index in [1.165, 1.54) is 44.1 Å². The van der Waals surface area contributed by atoms with Crippen LogP contribution in [0.25, 0.3) is 0 Å². The predicted octanol–water partition coefficient (Wildman–Crippen LogP) is 4.91. The summed E-state index contributed by atoms with van der Waals surface area (Å²) in [5.41, 5.74) is 1.82. The Morgan fingerprint density at radius 1 is 1.10 bits per heavy atom. The zero-order chi connectivity index (χ0) is 14.4. The quantitative estimate of drug-likeness (QED) is 0.674. The topological polar surface area (TPSA) is 12.0 Å². The average Bonchev–Trinajstić information content (AvgIpc) is 3.32. The van der Waals surface area contributed by atoms with Crippen molar-refractivity contribution in [3.63, 3.8) is 0 Å². The third kappa shape index (κ3) is 3.44. The number of benzene rings is 1. The molecule has 0 saturated heterocycles. The lowest BCUT2D eigenvalue weighted by molar-refractivity contribution is 0.254. The van der Waals surface area contributed by atoms with Crippen LogP contribution in [-0.2, 0) is 5.41 Å². The summed E-state index contributed by atoms with van der Waals surface area (Å²) in [4.78, 5) is 0. The summed E-state index contributed by atoms with van der Waals surface area (Å²) < 4.78 is 0. The van der Waals surface area contributed by atoms with Crippen LogP contribution in [0.4, 0.5) is 0 Å². The smallest absolute Gasteiger partial charge is 0.0164 e. The van der Waals surface area contributed by atoms with Crippen LogP contribution < -0.4 is 5.32 Å². The molecule has 0 heterocycles. The van der Waals surface area contributed by atoms with Gasteiger partial charge in [0.1, 0.15) is 0 Å². The summed E-state index contributed by atoms with van der Waals surface area (Å²) in [5, 5.41) is 3.81. The van der Waals surface area contributed by atoms with Crippen molar-refractivity contribution in [1.82, 2.24) is 5.32 Å². The van der Waals surface area contributed by atoms with Crippen molar-refractivity contribution < 1.29 is 0 Å². The number of rotatable bonds is 9. The highest BCUT2D eigenvalue weighted by atomic mass is 14.9. The van der Waals surface area contributed by atoms with Gasteiger partial charge in [-0.15, -0.1) is 0 Å².